The maximum Gasteiger partial charge on any atom is 0.108 e. The lowest BCUT2D eigenvalue weighted by Crippen LogP contribution is -2.44. The van der Waals surface area contributed by atoms with Crippen molar-refractivity contribution in [2.24, 2.45) is 0 Å². The van der Waals surface area contributed by atoms with E-state index in [1.165, 1.54) is 5.56 Å². The summed E-state index contributed by atoms with van der Waals surface area (Å²) >= 11 is 0. The Morgan fingerprint density at radius 1 is 0.793 bits per heavy atom. The molecule has 0 saturated heterocycles. The van der Waals surface area contributed by atoms with E-state index in [0.29, 0.717) is 6.61 Å². The molecule has 3 aromatic rings. The molecule has 0 unspecified atom stereocenters. The monoisotopic (exact) mass is 389 g/mol. The van der Waals surface area contributed by atoms with Crippen molar-refractivity contribution in [2.45, 2.75) is 38.6 Å². The molecule has 0 heterocycles. The van der Waals surface area contributed by atoms with Gasteiger partial charge in [0, 0.05) is 12.1 Å². The second-order valence-electron chi connectivity index (χ2n) is 8.16. The highest BCUT2D eigenvalue weighted by atomic mass is 16.5. The molecule has 0 aliphatic rings. The van der Waals surface area contributed by atoms with Crippen LogP contribution in [-0.2, 0) is 17.9 Å². The SMILES string of the molecule is CN(Cc1ccc(CO)cc1)C(C)(C)COC(c1ccccc1)c1ccccc1. The lowest BCUT2D eigenvalue weighted by molar-refractivity contribution is -0.00738. The van der Waals surface area contributed by atoms with Gasteiger partial charge >= 0.3 is 0 Å². The van der Waals surface area contributed by atoms with Gasteiger partial charge in [-0.3, -0.25) is 4.90 Å². The summed E-state index contributed by atoms with van der Waals surface area (Å²) in [6, 6.07) is 28.9. The van der Waals surface area contributed by atoms with Crippen LogP contribution in [0.1, 0.15) is 42.2 Å². The zero-order chi connectivity index (χ0) is 20.7. The van der Waals surface area contributed by atoms with Gasteiger partial charge in [0.25, 0.3) is 0 Å². The first-order valence-corrected chi connectivity index (χ1v) is 10.1. The Labute approximate surface area is 174 Å². The molecular formula is C26H31NO2. The average molecular weight is 390 g/mol. The fourth-order valence-electron chi connectivity index (χ4n) is 3.28. The van der Waals surface area contributed by atoms with Crippen molar-refractivity contribution in [3.8, 4) is 0 Å². The molecule has 0 aromatic heterocycles. The normalized spacial score (nSPS) is 11.9. The summed E-state index contributed by atoms with van der Waals surface area (Å²) in [6.07, 6.45) is -0.0890. The van der Waals surface area contributed by atoms with Gasteiger partial charge in [0.05, 0.1) is 13.2 Å². The Kier molecular flexibility index (Phi) is 7.21. The molecular weight excluding hydrogens is 358 g/mol. The van der Waals surface area contributed by atoms with Gasteiger partial charge in [-0.15, -0.1) is 0 Å². The molecule has 0 atom stereocenters. The van der Waals surface area contributed by atoms with Gasteiger partial charge in [-0.1, -0.05) is 84.9 Å². The second-order valence-corrected chi connectivity index (χ2v) is 8.16. The smallest absolute Gasteiger partial charge is 0.108 e. The van der Waals surface area contributed by atoms with Gasteiger partial charge in [-0.2, -0.15) is 0 Å². The predicted octanol–water partition coefficient (Wildman–Crippen LogP) is 5.20. The van der Waals surface area contributed by atoms with Crippen LogP contribution in [0.5, 0.6) is 0 Å². The lowest BCUT2D eigenvalue weighted by atomic mass is 10.00. The van der Waals surface area contributed by atoms with Crippen LogP contribution in [0.25, 0.3) is 0 Å². The van der Waals surface area contributed by atoms with Gasteiger partial charge in [0.2, 0.25) is 0 Å². The highest BCUT2D eigenvalue weighted by Crippen LogP contribution is 2.28. The Bertz CT molecular complexity index is 821. The molecule has 3 aromatic carbocycles. The number of rotatable bonds is 9. The maximum atomic E-state index is 9.22. The van der Waals surface area contributed by atoms with Crippen molar-refractivity contribution in [3.63, 3.8) is 0 Å². The molecule has 0 bridgehead atoms. The summed E-state index contributed by atoms with van der Waals surface area (Å²) in [5.74, 6) is 0. The largest absolute Gasteiger partial charge is 0.392 e. The second kappa shape index (κ2) is 9.84. The van der Waals surface area contributed by atoms with Crippen LogP contribution in [-0.4, -0.2) is 29.2 Å². The summed E-state index contributed by atoms with van der Waals surface area (Å²) in [5, 5.41) is 9.22. The quantitative estimate of drug-likeness (QED) is 0.546. The fraction of sp³-hybridized carbons (Fsp3) is 0.308. The summed E-state index contributed by atoms with van der Waals surface area (Å²) in [6.45, 7) is 5.93. The van der Waals surface area contributed by atoms with Crippen LogP contribution in [0.15, 0.2) is 84.9 Å². The molecule has 0 radical (unpaired) electrons. The van der Waals surface area contributed by atoms with E-state index >= 15 is 0 Å². The highest BCUT2D eigenvalue weighted by molar-refractivity contribution is 5.30. The van der Waals surface area contributed by atoms with Crippen molar-refractivity contribution in [2.75, 3.05) is 13.7 Å². The number of hydrogen-bond donors (Lipinski definition) is 1. The predicted molar refractivity (Wildman–Crippen MR) is 119 cm³/mol. The summed E-state index contributed by atoms with van der Waals surface area (Å²) in [4.78, 5) is 2.31. The standard InChI is InChI=1S/C26H31NO2/c1-26(2,27(3)18-21-14-16-22(19-28)17-15-21)20-29-25(23-10-6-4-7-11-23)24-12-8-5-9-13-24/h4-17,25,28H,18-20H2,1-3H3. The topological polar surface area (TPSA) is 32.7 Å². The van der Waals surface area contributed by atoms with E-state index in [2.05, 4.69) is 86.5 Å². The highest BCUT2D eigenvalue weighted by Gasteiger charge is 2.26. The van der Waals surface area contributed by atoms with Crippen LogP contribution >= 0.6 is 0 Å². The van der Waals surface area contributed by atoms with Crippen LogP contribution in [0, 0.1) is 0 Å². The van der Waals surface area contributed by atoms with E-state index in [0.717, 1.165) is 23.2 Å². The summed E-state index contributed by atoms with van der Waals surface area (Å²) < 4.78 is 6.50. The number of hydrogen-bond acceptors (Lipinski definition) is 3. The molecule has 0 spiro atoms. The van der Waals surface area contributed by atoms with E-state index < -0.39 is 0 Å². The summed E-state index contributed by atoms with van der Waals surface area (Å²) in [7, 11) is 2.13. The van der Waals surface area contributed by atoms with Crippen LogP contribution in [0.3, 0.4) is 0 Å². The molecule has 1 N–H and O–H groups in total. The van der Waals surface area contributed by atoms with Crippen molar-refractivity contribution < 1.29 is 9.84 Å². The molecule has 0 fully saturated rings. The zero-order valence-electron chi connectivity index (χ0n) is 17.6. The first-order valence-electron chi connectivity index (χ1n) is 10.1. The van der Waals surface area contributed by atoms with E-state index in [1.54, 1.807) is 0 Å². The first-order chi connectivity index (χ1) is 14.0. The number of benzene rings is 3. The molecule has 152 valence electrons. The van der Waals surface area contributed by atoms with E-state index in [1.807, 2.05) is 24.3 Å². The molecule has 0 aliphatic carbocycles. The number of aliphatic hydroxyl groups excluding tert-OH is 1. The van der Waals surface area contributed by atoms with Gasteiger partial charge in [0.1, 0.15) is 6.10 Å². The van der Waals surface area contributed by atoms with Crippen molar-refractivity contribution in [1.29, 1.82) is 0 Å². The van der Waals surface area contributed by atoms with Gasteiger partial charge in [-0.25, -0.2) is 0 Å². The Hall–Kier alpha value is -2.46. The number of ether oxygens (including phenoxy) is 1. The third-order valence-corrected chi connectivity index (χ3v) is 5.47. The molecule has 3 nitrogen and oxygen atoms in total. The van der Waals surface area contributed by atoms with Gasteiger partial charge < -0.3 is 9.84 Å². The fourth-order valence-corrected chi connectivity index (χ4v) is 3.28. The van der Waals surface area contributed by atoms with E-state index in [9.17, 15) is 5.11 Å². The zero-order valence-corrected chi connectivity index (χ0v) is 17.6. The minimum atomic E-state index is -0.141. The van der Waals surface area contributed by atoms with Crippen molar-refractivity contribution >= 4 is 0 Å². The Morgan fingerprint density at radius 3 is 1.76 bits per heavy atom. The van der Waals surface area contributed by atoms with Gasteiger partial charge in [0.15, 0.2) is 0 Å². The molecule has 3 rings (SSSR count). The molecule has 0 amide bonds. The third kappa shape index (κ3) is 5.77. The first kappa shape index (κ1) is 21.3. The van der Waals surface area contributed by atoms with Crippen LogP contribution < -0.4 is 0 Å². The third-order valence-electron chi connectivity index (χ3n) is 5.47. The van der Waals surface area contributed by atoms with Gasteiger partial charge in [-0.05, 0) is 43.1 Å². The van der Waals surface area contributed by atoms with Crippen molar-refractivity contribution in [3.05, 3.63) is 107 Å². The number of likely N-dealkylation sites (N-methyl/N-ethyl adjacent to an activating group) is 1. The minimum absolute atomic E-state index is 0.0792. The minimum Gasteiger partial charge on any atom is -0.392 e. The summed E-state index contributed by atoms with van der Waals surface area (Å²) in [5.41, 5.74) is 4.35. The molecule has 0 saturated carbocycles. The lowest BCUT2D eigenvalue weighted by Gasteiger charge is -2.37. The average Bonchev–Trinajstić information content (AvgIpc) is 2.76. The van der Waals surface area contributed by atoms with Crippen molar-refractivity contribution in [1.82, 2.24) is 4.90 Å². The Morgan fingerprint density at radius 2 is 1.28 bits per heavy atom. The van der Waals surface area contributed by atoms with Crippen LogP contribution in [0.2, 0.25) is 0 Å². The molecule has 0 aliphatic heterocycles. The molecule has 3 heteroatoms. The molecule has 29 heavy (non-hydrogen) atoms. The van der Waals surface area contributed by atoms with E-state index in [4.69, 9.17) is 4.74 Å². The van der Waals surface area contributed by atoms with E-state index in [-0.39, 0.29) is 18.2 Å². The Balaban J connectivity index is 1.70. The number of aliphatic hydroxyl groups is 1. The van der Waals surface area contributed by atoms with Crippen LogP contribution in [0.4, 0.5) is 0 Å². The number of nitrogens with zero attached hydrogens (tertiary/aromatic N) is 1. The maximum absolute atomic E-state index is 9.22.